The average Bonchev–Trinajstić information content (AvgIpc) is 2.74. The molecule has 5 nitrogen and oxygen atoms in total. The van der Waals surface area contributed by atoms with Gasteiger partial charge in [-0.1, -0.05) is 12.1 Å². The van der Waals surface area contributed by atoms with Gasteiger partial charge in [0.25, 0.3) is 0 Å². The second-order valence-corrected chi connectivity index (χ2v) is 3.17. The minimum atomic E-state index is 0.760. The quantitative estimate of drug-likeness (QED) is 0.726. The fourth-order valence-electron chi connectivity index (χ4n) is 1.31. The highest BCUT2D eigenvalue weighted by Gasteiger charge is 1.96. The number of nitrogen functional groups attached to an aromatic ring is 1. The van der Waals surface area contributed by atoms with Gasteiger partial charge in [-0.05, 0) is 12.1 Å². The largest absolute Gasteiger partial charge is 0.397 e. The molecule has 0 aliphatic carbocycles. The molecule has 0 saturated heterocycles. The van der Waals surface area contributed by atoms with Gasteiger partial charge < -0.3 is 11.1 Å². The van der Waals surface area contributed by atoms with Crippen molar-refractivity contribution in [1.82, 2.24) is 14.8 Å². The third kappa shape index (κ3) is 2.46. The van der Waals surface area contributed by atoms with E-state index < -0.39 is 0 Å². The zero-order chi connectivity index (χ0) is 10.5. The maximum Gasteiger partial charge on any atom is 0.137 e. The highest BCUT2D eigenvalue weighted by molar-refractivity contribution is 5.65. The highest BCUT2D eigenvalue weighted by Crippen LogP contribution is 2.15. The summed E-state index contributed by atoms with van der Waals surface area (Å²) in [4.78, 5) is 3.86. The van der Waals surface area contributed by atoms with E-state index in [0.29, 0.717) is 0 Å². The van der Waals surface area contributed by atoms with Crippen molar-refractivity contribution in [3.05, 3.63) is 36.9 Å². The molecule has 0 saturated carbocycles. The molecule has 0 aliphatic heterocycles. The predicted octanol–water partition coefficient (Wildman–Crippen LogP) is 0.972. The Hall–Kier alpha value is -2.04. The minimum Gasteiger partial charge on any atom is -0.397 e. The van der Waals surface area contributed by atoms with Crippen molar-refractivity contribution in [2.75, 3.05) is 17.6 Å². The lowest BCUT2D eigenvalue weighted by Gasteiger charge is -2.08. The van der Waals surface area contributed by atoms with Crippen LogP contribution < -0.4 is 11.1 Å². The Morgan fingerprint density at radius 3 is 2.93 bits per heavy atom. The van der Waals surface area contributed by atoms with E-state index in [0.717, 1.165) is 24.5 Å². The number of benzene rings is 1. The van der Waals surface area contributed by atoms with E-state index >= 15 is 0 Å². The Balaban J connectivity index is 1.86. The van der Waals surface area contributed by atoms with E-state index in [9.17, 15) is 0 Å². The van der Waals surface area contributed by atoms with Crippen molar-refractivity contribution in [1.29, 1.82) is 0 Å². The summed E-state index contributed by atoms with van der Waals surface area (Å²) < 4.78 is 1.77. The molecule has 0 amide bonds. The van der Waals surface area contributed by atoms with Crippen LogP contribution >= 0.6 is 0 Å². The first-order chi connectivity index (χ1) is 7.36. The normalized spacial score (nSPS) is 10.1. The van der Waals surface area contributed by atoms with E-state index in [2.05, 4.69) is 15.4 Å². The zero-order valence-electron chi connectivity index (χ0n) is 8.30. The fraction of sp³-hybridized carbons (Fsp3) is 0.200. The minimum absolute atomic E-state index is 0.760. The van der Waals surface area contributed by atoms with Gasteiger partial charge in [-0.25, -0.2) is 4.98 Å². The highest BCUT2D eigenvalue weighted by atomic mass is 15.3. The Bertz CT molecular complexity index is 410. The maximum absolute atomic E-state index is 5.78. The SMILES string of the molecule is Nc1ccccc1NCCn1cncn1. The smallest absolute Gasteiger partial charge is 0.137 e. The molecule has 0 aliphatic rings. The van der Waals surface area contributed by atoms with E-state index in [-0.39, 0.29) is 0 Å². The molecule has 2 aromatic rings. The van der Waals surface area contributed by atoms with Crippen LogP contribution in [0.25, 0.3) is 0 Å². The van der Waals surface area contributed by atoms with Gasteiger partial charge in [0.1, 0.15) is 12.7 Å². The zero-order valence-corrected chi connectivity index (χ0v) is 8.30. The average molecular weight is 203 g/mol. The molecule has 0 unspecified atom stereocenters. The summed E-state index contributed by atoms with van der Waals surface area (Å²) in [7, 11) is 0. The Morgan fingerprint density at radius 2 is 2.20 bits per heavy atom. The van der Waals surface area contributed by atoms with Crippen molar-refractivity contribution < 1.29 is 0 Å². The van der Waals surface area contributed by atoms with Crippen molar-refractivity contribution >= 4 is 11.4 Å². The number of nitrogens with zero attached hydrogens (tertiary/aromatic N) is 3. The van der Waals surface area contributed by atoms with Gasteiger partial charge in [0.05, 0.1) is 17.9 Å². The molecule has 5 heteroatoms. The number of nitrogens with two attached hydrogens (primary N) is 1. The maximum atomic E-state index is 5.78. The Labute approximate surface area is 87.9 Å². The van der Waals surface area contributed by atoms with Crippen LogP contribution in [0.4, 0.5) is 11.4 Å². The third-order valence-electron chi connectivity index (χ3n) is 2.08. The van der Waals surface area contributed by atoms with Crippen molar-refractivity contribution in [3.63, 3.8) is 0 Å². The lowest BCUT2D eigenvalue weighted by Crippen LogP contribution is -2.11. The van der Waals surface area contributed by atoms with Crippen LogP contribution in [0.2, 0.25) is 0 Å². The topological polar surface area (TPSA) is 68.8 Å². The number of hydrogen-bond donors (Lipinski definition) is 2. The number of nitrogens with one attached hydrogen (secondary N) is 1. The van der Waals surface area contributed by atoms with Gasteiger partial charge in [-0.2, -0.15) is 5.10 Å². The van der Waals surface area contributed by atoms with Gasteiger partial charge >= 0.3 is 0 Å². The molecule has 0 spiro atoms. The van der Waals surface area contributed by atoms with Gasteiger partial charge in [0.2, 0.25) is 0 Å². The summed E-state index contributed by atoms with van der Waals surface area (Å²) in [6, 6.07) is 7.70. The molecular formula is C10H13N5. The summed E-state index contributed by atoms with van der Waals surface area (Å²) in [6.07, 6.45) is 3.22. The van der Waals surface area contributed by atoms with E-state index in [4.69, 9.17) is 5.73 Å². The van der Waals surface area contributed by atoms with E-state index in [1.165, 1.54) is 6.33 Å². The van der Waals surface area contributed by atoms with Crippen LogP contribution in [-0.4, -0.2) is 21.3 Å². The summed E-state index contributed by atoms with van der Waals surface area (Å²) in [5.74, 6) is 0. The number of para-hydroxylation sites is 2. The van der Waals surface area contributed by atoms with Gasteiger partial charge in [0, 0.05) is 6.54 Å². The second kappa shape index (κ2) is 4.45. The van der Waals surface area contributed by atoms with Crippen LogP contribution in [0, 0.1) is 0 Å². The van der Waals surface area contributed by atoms with Crippen molar-refractivity contribution in [3.8, 4) is 0 Å². The first kappa shape index (κ1) is 9.51. The van der Waals surface area contributed by atoms with Crippen LogP contribution in [0.3, 0.4) is 0 Å². The Kier molecular flexibility index (Phi) is 2.82. The van der Waals surface area contributed by atoms with E-state index in [1.807, 2.05) is 24.3 Å². The standard InChI is InChI=1S/C10H13N5/c11-9-3-1-2-4-10(9)13-5-6-15-8-12-7-14-15/h1-4,7-8,13H,5-6,11H2. The molecule has 1 aromatic heterocycles. The molecule has 1 aromatic carbocycles. The predicted molar refractivity (Wildman–Crippen MR) is 59.4 cm³/mol. The number of aromatic nitrogens is 3. The lowest BCUT2D eigenvalue weighted by molar-refractivity contribution is 0.636. The summed E-state index contributed by atoms with van der Waals surface area (Å²) >= 11 is 0. The summed E-state index contributed by atoms with van der Waals surface area (Å²) in [6.45, 7) is 1.55. The third-order valence-corrected chi connectivity index (χ3v) is 2.08. The molecule has 0 bridgehead atoms. The van der Waals surface area contributed by atoms with Crippen LogP contribution in [0.5, 0.6) is 0 Å². The number of anilines is 2. The monoisotopic (exact) mass is 203 g/mol. The molecule has 0 fully saturated rings. The molecule has 15 heavy (non-hydrogen) atoms. The first-order valence-electron chi connectivity index (χ1n) is 4.77. The van der Waals surface area contributed by atoms with Crippen LogP contribution in [0.1, 0.15) is 0 Å². The molecule has 0 atom stereocenters. The van der Waals surface area contributed by atoms with Gasteiger partial charge in [0.15, 0.2) is 0 Å². The van der Waals surface area contributed by atoms with Crippen LogP contribution in [0.15, 0.2) is 36.9 Å². The molecule has 78 valence electrons. The fourth-order valence-corrected chi connectivity index (χ4v) is 1.31. The van der Waals surface area contributed by atoms with Crippen molar-refractivity contribution in [2.45, 2.75) is 6.54 Å². The molecule has 3 N–H and O–H groups in total. The first-order valence-corrected chi connectivity index (χ1v) is 4.77. The molecule has 0 radical (unpaired) electrons. The van der Waals surface area contributed by atoms with E-state index in [1.54, 1.807) is 11.0 Å². The van der Waals surface area contributed by atoms with Gasteiger partial charge in [-0.3, -0.25) is 4.68 Å². The van der Waals surface area contributed by atoms with Crippen molar-refractivity contribution in [2.24, 2.45) is 0 Å². The number of hydrogen-bond acceptors (Lipinski definition) is 4. The molecular weight excluding hydrogens is 190 g/mol. The second-order valence-electron chi connectivity index (χ2n) is 3.17. The Morgan fingerprint density at radius 1 is 1.33 bits per heavy atom. The van der Waals surface area contributed by atoms with Crippen LogP contribution in [-0.2, 0) is 6.54 Å². The lowest BCUT2D eigenvalue weighted by atomic mass is 10.3. The summed E-state index contributed by atoms with van der Waals surface area (Å²) in [5.41, 5.74) is 7.50. The number of rotatable bonds is 4. The van der Waals surface area contributed by atoms with Gasteiger partial charge in [-0.15, -0.1) is 0 Å². The summed E-state index contributed by atoms with van der Waals surface area (Å²) in [5, 5.41) is 7.24. The molecule has 1 heterocycles. The molecule has 2 rings (SSSR count).